The summed E-state index contributed by atoms with van der Waals surface area (Å²) >= 11 is 0. The van der Waals surface area contributed by atoms with Gasteiger partial charge in [0.25, 0.3) is 0 Å². The summed E-state index contributed by atoms with van der Waals surface area (Å²) in [6.07, 6.45) is 2.80. The normalized spacial score (nSPS) is 9.67. The number of rotatable bonds is 4. The zero-order valence-corrected chi connectivity index (χ0v) is 13.3. The Balaban J connectivity index is 0.00000208. The topological polar surface area (TPSA) is 120 Å². The van der Waals surface area contributed by atoms with Gasteiger partial charge in [-0.3, -0.25) is 5.10 Å². The van der Waals surface area contributed by atoms with Crippen LogP contribution in [-0.2, 0) is 0 Å². The molecule has 0 saturated heterocycles. The lowest BCUT2D eigenvalue weighted by atomic mass is 10.1. The molecule has 2 aromatic heterocycles. The molecule has 1 aromatic carbocycles. The van der Waals surface area contributed by atoms with Gasteiger partial charge in [-0.2, -0.15) is 10.4 Å². The number of hydrogen-bond acceptors (Lipinski definition) is 7. The molecule has 0 radical (unpaired) electrons. The second-order valence-corrected chi connectivity index (χ2v) is 4.54. The molecule has 0 amide bonds. The molecular weight excluding hydrogens is 332 g/mol. The number of hydrogen-bond donors (Lipinski definition) is 3. The first-order valence-electron chi connectivity index (χ1n) is 6.62. The van der Waals surface area contributed by atoms with E-state index in [9.17, 15) is 5.11 Å². The number of nitrogens with one attached hydrogen (secondary N) is 2. The first-order valence-corrected chi connectivity index (χ1v) is 6.62. The minimum Gasteiger partial charge on any atom is -0.507 e. The minimum atomic E-state index is 0. The van der Waals surface area contributed by atoms with Gasteiger partial charge in [0.05, 0.1) is 30.8 Å². The van der Waals surface area contributed by atoms with Crippen LogP contribution < -0.4 is 10.1 Å². The van der Waals surface area contributed by atoms with Gasteiger partial charge in [0.15, 0.2) is 11.5 Å². The maximum absolute atomic E-state index is 10.0. The lowest BCUT2D eigenvalue weighted by Gasteiger charge is -2.07. The molecule has 2 heterocycles. The molecule has 0 fully saturated rings. The molecule has 3 aromatic rings. The molecule has 0 unspecified atom stereocenters. The Labute approximate surface area is 146 Å². The number of aromatic amines is 1. The quantitative estimate of drug-likeness (QED) is 0.664. The second-order valence-electron chi connectivity index (χ2n) is 4.54. The van der Waals surface area contributed by atoms with Crippen molar-refractivity contribution in [2.75, 3.05) is 12.4 Å². The number of phenols is 1. The minimum absolute atomic E-state index is 0. The van der Waals surface area contributed by atoms with Gasteiger partial charge in [-0.1, -0.05) is 6.07 Å². The van der Waals surface area contributed by atoms with E-state index < -0.39 is 0 Å². The number of halogens is 1. The number of anilines is 2. The Kier molecular flexibility index (Phi) is 5.19. The standard InChI is InChI=1S/C15H12N6O2.ClH/c1-23-12-4-2-3-11(22)15(12)10-5-13(21-20-10)19-14-8-17-9(6-16)7-18-14;/h2-5,7-8,22H,1H3,(H2,18,19,20,21);1H/p+2. The largest absolute Gasteiger partial charge is 1.00 e. The summed E-state index contributed by atoms with van der Waals surface area (Å²) in [5.74, 6) is 1.55. The molecule has 3 rings (SSSR count). The average Bonchev–Trinajstić information content (AvgIpc) is 3.03. The monoisotopic (exact) mass is 346 g/mol. The smallest absolute Gasteiger partial charge is 0.507 e. The second kappa shape index (κ2) is 7.30. The molecule has 0 bridgehead atoms. The van der Waals surface area contributed by atoms with Crippen molar-refractivity contribution in [3.05, 3.63) is 42.4 Å². The van der Waals surface area contributed by atoms with Gasteiger partial charge in [-0.15, -0.1) is 12.4 Å². The van der Waals surface area contributed by atoms with Crippen molar-refractivity contribution in [2.45, 2.75) is 0 Å². The third-order valence-electron chi connectivity index (χ3n) is 3.09. The summed E-state index contributed by atoms with van der Waals surface area (Å²) in [6, 6.07) is 8.61. The van der Waals surface area contributed by atoms with E-state index in [-0.39, 0.29) is 26.7 Å². The van der Waals surface area contributed by atoms with Gasteiger partial charge in [0.1, 0.15) is 23.4 Å². The van der Waals surface area contributed by atoms with Gasteiger partial charge >= 0.3 is 2.85 Å². The van der Waals surface area contributed by atoms with E-state index in [2.05, 4.69) is 25.5 Å². The summed E-state index contributed by atoms with van der Waals surface area (Å²) in [4.78, 5) is 7.97. The third-order valence-corrected chi connectivity index (χ3v) is 3.09. The highest BCUT2D eigenvalue weighted by atomic mass is 35.5. The van der Waals surface area contributed by atoms with Crippen LogP contribution in [0.1, 0.15) is 8.55 Å². The van der Waals surface area contributed by atoms with Crippen LogP contribution >= 0.6 is 12.4 Å². The molecule has 0 atom stereocenters. The Bertz CT molecular complexity index is 883. The van der Waals surface area contributed by atoms with E-state index >= 15 is 0 Å². The van der Waals surface area contributed by atoms with Crippen molar-refractivity contribution in [1.29, 1.82) is 5.26 Å². The lowest BCUT2D eigenvalue weighted by Crippen LogP contribution is -1.95. The summed E-state index contributed by atoms with van der Waals surface area (Å²) < 4.78 is 5.25. The van der Waals surface area contributed by atoms with Crippen molar-refractivity contribution in [3.63, 3.8) is 0 Å². The van der Waals surface area contributed by atoms with Crippen molar-refractivity contribution >= 4 is 24.0 Å². The molecule has 0 saturated carbocycles. The number of H-pyrrole nitrogens is 1. The molecule has 8 nitrogen and oxygen atoms in total. The van der Waals surface area contributed by atoms with Crippen molar-refractivity contribution in [3.8, 4) is 28.8 Å². The van der Waals surface area contributed by atoms with Crippen LogP contribution in [0.15, 0.2) is 36.7 Å². The number of methoxy groups -OCH3 is 1. The van der Waals surface area contributed by atoms with E-state index in [1.807, 2.05) is 6.07 Å². The summed E-state index contributed by atoms with van der Waals surface area (Å²) in [6.45, 7) is 0. The molecule has 24 heavy (non-hydrogen) atoms. The number of phenolic OH excluding ortho intramolecular Hbond substituents is 1. The van der Waals surface area contributed by atoms with Gasteiger partial charge in [-0.25, -0.2) is 9.97 Å². The van der Waals surface area contributed by atoms with E-state index in [0.717, 1.165) is 0 Å². The van der Waals surface area contributed by atoms with Gasteiger partial charge in [-0.05, 0) is 12.1 Å². The summed E-state index contributed by atoms with van der Waals surface area (Å²) in [5, 5.41) is 28.6. The van der Waals surface area contributed by atoms with Crippen molar-refractivity contribution in [2.24, 2.45) is 0 Å². The maximum Gasteiger partial charge on any atom is 1.00 e. The van der Waals surface area contributed by atoms with E-state index in [1.165, 1.54) is 19.5 Å². The van der Waals surface area contributed by atoms with E-state index in [4.69, 9.17) is 10.00 Å². The molecule has 0 aliphatic carbocycles. The van der Waals surface area contributed by atoms with Crippen LogP contribution in [-0.4, -0.2) is 32.4 Å². The Morgan fingerprint density at radius 3 is 2.79 bits per heavy atom. The van der Waals surface area contributed by atoms with E-state index in [0.29, 0.717) is 28.6 Å². The van der Waals surface area contributed by atoms with Gasteiger partial charge < -0.3 is 15.2 Å². The first kappa shape index (κ1) is 17.1. The Morgan fingerprint density at radius 2 is 2.12 bits per heavy atom. The van der Waals surface area contributed by atoms with Gasteiger partial charge in [0, 0.05) is 6.07 Å². The molecule has 122 valence electrons. The molecule has 0 aliphatic heterocycles. The number of benzene rings is 1. The number of nitriles is 1. The summed E-state index contributed by atoms with van der Waals surface area (Å²) in [7, 11) is 1.53. The number of aromatic nitrogens is 4. The predicted octanol–water partition coefficient (Wildman–Crippen LogP) is 2.84. The fourth-order valence-corrected chi connectivity index (χ4v) is 2.06. The zero-order chi connectivity index (χ0) is 16.2. The van der Waals surface area contributed by atoms with Crippen molar-refractivity contribution < 1.29 is 12.7 Å². The maximum atomic E-state index is 10.0. The Hall–Kier alpha value is -3.31. The van der Waals surface area contributed by atoms with Crippen LogP contribution in [0.25, 0.3) is 11.3 Å². The Morgan fingerprint density at radius 1 is 1.29 bits per heavy atom. The molecule has 0 aliphatic rings. The number of ether oxygens (including phenoxy) is 1. The number of nitrogens with zero attached hydrogens (tertiary/aromatic N) is 4. The third kappa shape index (κ3) is 3.37. The lowest BCUT2D eigenvalue weighted by molar-refractivity contribution is 0.410. The predicted molar refractivity (Wildman–Crippen MR) is 91.7 cm³/mol. The highest BCUT2D eigenvalue weighted by Crippen LogP contribution is 2.37. The highest BCUT2D eigenvalue weighted by Gasteiger charge is 2.14. The van der Waals surface area contributed by atoms with Crippen molar-refractivity contribution in [1.82, 2.24) is 20.2 Å². The van der Waals surface area contributed by atoms with Crippen LogP contribution in [0.3, 0.4) is 0 Å². The highest BCUT2D eigenvalue weighted by molar-refractivity contribution is 5.85. The molecule has 0 spiro atoms. The fourth-order valence-electron chi connectivity index (χ4n) is 2.06. The fraction of sp³-hybridized carbons (Fsp3) is 0.0667. The van der Waals surface area contributed by atoms with Crippen LogP contribution in [0.5, 0.6) is 11.5 Å². The molecule has 3 N–H and O–H groups in total. The first-order chi connectivity index (χ1) is 11.2. The van der Waals surface area contributed by atoms with E-state index in [1.54, 1.807) is 24.3 Å². The van der Waals surface area contributed by atoms with Crippen LogP contribution in [0.2, 0.25) is 0 Å². The molecule has 9 heteroatoms. The zero-order valence-electron chi connectivity index (χ0n) is 14.5. The van der Waals surface area contributed by atoms with Crippen LogP contribution in [0.4, 0.5) is 11.6 Å². The summed E-state index contributed by atoms with van der Waals surface area (Å²) in [5.41, 5.74) is 1.34. The SMILES string of the molecule is COc1cccc(O)c1-c1cc(Nc2cnc(C#N)cn2)n[nH]1.Cl.[H+].[H+]. The van der Waals surface area contributed by atoms with Crippen LogP contribution in [0, 0.1) is 11.3 Å². The molecular formula is C15H15ClN6O2+2. The average molecular weight is 347 g/mol. The number of aromatic hydroxyl groups is 1. The van der Waals surface area contributed by atoms with Gasteiger partial charge in [0.2, 0.25) is 0 Å².